The lowest BCUT2D eigenvalue weighted by Gasteiger charge is -2.34. The van der Waals surface area contributed by atoms with Crippen molar-refractivity contribution in [1.29, 1.82) is 0 Å². The maximum atomic E-state index is 5.35. The van der Waals surface area contributed by atoms with Crippen LogP contribution in [0, 0.1) is 0 Å². The molecule has 0 aromatic rings. The van der Waals surface area contributed by atoms with Gasteiger partial charge in [-0.05, 0) is 6.42 Å². The Bertz CT molecular complexity index is 141. The fraction of sp³-hybridized carbons (Fsp3) is 1.00. The zero-order valence-electron chi connectivity index (χ0n) is 10.8. The lowest BCUT2D eigenvalue weighted by Crippen LogP contribution is -2.40. The molecular weight excluding hydrogens is 208 g/mol. The lowest BCUT2D eigenvalue weighted by molar-refractivity contribution is -0.354. The SMILES string of the molecule is CCCCCC[C@@H]([SiH3])C(OC)(OC)OC. The van der Waals surface area contributed by atoms with E-state index in [-0.39, 0.29) is 0 Å². The van der Waals surface area contributed by atoms with E-state index in [1.807, 2.05) is 0 Å². The van der Waals surface area contributed by atoms with Crippen molar-refractivity contribution in [1.82, 2.24) is 0 Å². The summed E-state index contributed by atoms with van der Waals surface area (Å²) < 4.78 is 16.0. The fourth-order valence-corrected chi connectivity index (χ4v) is 3.02. The number of hydrogen-bond donors (Lipinski definition) is 0. The predicted octanol–water partition coefficient (Wildman–Crippen LogP) is 1.70. The van der Waals surface area contributed by atoms with Crippen molar-refractivity contribution in [2.24, 2.45) is 0 Å². The molecule has 0 saturated heterocycles. The molecule has 0 fully saturated rings. The highest BCUT2D eigenvalue weighted by atomic mass is 28.1. The third-order valence-electron chi connectivity index (χ3n) is 2.95. The van der Waals surface area contributed by atoms with Crippen molar-refractivity contribution >= 4 is 10.2 Å². The van der Waals surface area contributed by atoms with E-state index in [4.69, 9.17) is 14.2 Å². The summed E-state index contributed by atoms with van der Waals surface area (Å²) in [4.78, 5) is 0. The number of methoxy groups -OCH3 is 3. The van der Waals surface area contributed by atoms with Gasteiger partial charge < -0.3 is 14.2 Å². The third kappa shape index (κ3) is 4.63. The van der Waals surface area contributed by atoms with Gasteiger partial charge in [0.1, 0.15) is 0 Å². The molecule has 0 amide bonds. The molecule has 0 spiro atoms. The van der Waals surface area contributed by atoms with E-state index < -0.39 is 5.97 Å². The van der Waals surface area contributed by atoms with Crippen molar-refractivity contribution in [2.45, 2.75) is 50.5 Å². The number of rotatable bonds is 9. The van der Waals surface area contributed by atoms with Crippen LogP contribution in [0.2, 0.25) is 5.54 Å². The molecular formula is C11H26O3Si. The predicted molar refractivity (Wildman–Crippen MR) is 66.2 cm³/mol. The Hall–Kier alpha value is 0.0969. The number of hydrogen-bond acceptors (Lipinski definition) is 3. The summed E-state index contributed by atoms with van der Waals surface area (Å²) in [6.07, 6.45) is 6.24. The Morgan fingerprint density at radius 3 is 1.93 bits per heavy atom. The fourth-order valence-electron chi connectivity index (χ4n) is 1.91. The summed E-state index contributed by atoms with van der Waals surface area (Å²) >= 11 is 0. The molecule has 0 aliphatic rings. The van der Waals surface area contributed by atoms with Crippen molar-refractivity contribution in [2.75, 3.05) is 21.3 Å². The minimum Gasteiger partial charge on any atom is -0.331 e. The average Bonchev–Trinajstić information content (AvgIpc) is 2.28. The zero-order valence-corrected chi connectivity index (χ0v) is 12.8. The monoisotopic (exact) mass is 234 g/mol. The van der Waals surface area contributed by atoms with Crippen LogP contribution in [0.3, 0.4) is 0 Å². The molecule has 4 heteroatoms. The first-order valence-electron chi connectivity index (χ1n) is 5.82. The molecule has 0 radical (unpaired) electrons. The summed E-state index contributed by atoms with van der Waals surface area (Å²) in [6, 6.07) is 0. The van der Waals surface area contributed by atoms with Gasteiger partial charge in [-0.25, -0.2) is 0 Å². The molecule has 0 heterocycles. The van der Waals surface area contributed by atoms with Crippen LogP contribution < -0.4 is 0 Å². The van der Waals surface area contributed by atoms with Crippen LogP contribution in [0.1, 0.15) is 39.0 Å². The van der Waals surface area contributed by atoms with Gasteiger partial charge in [0.2, 0.25) is 0 Å². The van der Waals surface area contributed by atoms with Gasteiger partial charge in [0.05, 0.1) is 0 Å². The van der Waals surface area contributed by atoms with Gasteiger partial charge in [-0.1, -0.05) is 32.6 Å². The standard InChI is InChI=1S/C11H26O3Si/c1-5-6-7-8-9-10(15)11(12-2,13-3)14-4/h10H,5-9H2,1-4,15H3/t10-/m1/s1. The van der Waals surface area contributed by atoms with Gasteiger partial charge in [-0.2, -0.15) is 0 Å². The minimum atomic E-state index is -0.807. The Kier molecular flexibility index (Phi) is 8.33. The van der Waals surface area contributed by atoms with Crippen LogP contribution >= 0.6 is 0 Å². The van der Waals surface area contributed by atoms with Crippen LogP contribution in [0.15, 0.2) is 0 Å². The highest BCUT2D eigenvalue weighted by molar-refractivity contribution is 6.12. The molecule has 0 aliphatic carbocycles. The molecule has 0 bridgehead atoms. The van der Waals surface area contributed by atoms with E-state index >= 15 is 0 Å². The number of ether oxygens (including phenoxy) is 3. The van der Waals surface area contributed by atoms with Crippen molar-refractivity contribution in [3.63, 3.8) is 0 Å². The Morgan fingerprint density at radius 1 is 1.00 bits per heavy atom. The topological polar surface area (TPSA) is 27.7 Å². The summed E-state index contributed by atoms with van der Waals surface area (Å²) in [5.74, 6) is -0.807. The molecule has 0 unspecified atom stereocenters. The van der Waals surface area contributed by atoms with Gasteiger partial charge in [0.25, 0.3) is 5.97 Å². The molecule has 0 aromatic carbocycles. The van der Waals surface area contributed by atoms with Crippen LogP contribution in [0.5, 0.6) is 0 Å². The van der Waals surface area contributed by atoms with Crippen LogP contribution in [-0.4, -0.2) is 37.5 Å². The maximum Gasteiger partial charge on any atom is 0.281 e. The van der Waals surface area contributed by atoms with Gasteiger partial charge in [-0.15, -0.1) is 0 Å². The Balaban J connectivity index is 3.97. The van der Waals surface area contributed by atoms with Gasteiger partial charge in [0, 0.05) is 37.1 Å². The summed E-state index contributed by atoms with van der Waals surface area (Å²) in [5, 5.41) is 0. The molecule has 3 nitrogen and oxygen atoms in total. The van der Waals surface area contributed by atoms with Crippen molar-refractivity contribution in [3.8, 4) is 0 Å². The van der Waals surface area contributed by atoms with Crippen LogP contribution in [0.4, 0.5) is 0 Å². The van der Waals surface area contributed by atoms with Gasteiger partial charge in [-0.3, -0.25) is 0 Å². The normalized spacial score (nSPS) is 14.4. The molecule has 15 heavy (non-hydrogen) atoms. The quantitative estimate of drug-likeness (QED) is 0.345. The molecule has 0 saturated carbocycles. The van der Waals surface area contributed by atoms with Crippen LogP contribution in [0.25, 0.3) is 0 Å². The smallest absolute Gasteiger partial charge is 0.281 e. The Labute approximate surface area is 96.9 Å². The molecule has 0 aliphatic heterocycles. The minimum absolute atomic E-state index is 0.384. The molecule has 0 aromatic heterocycles. The van der Waals surface area contributed by atoms with E-state index in [2.05, 4.69) is 6.92 Å². The molecule has 0 N–H and O–H groups in total. The third-order valence-corrected chi connectivity index (χ3v) is 4.23. The molecule has 92 valence electrons. The van der Waals surface area contributed by atoms with E-state index in [1.165, 1.54) is 25.7 Å². The second-order valence-corrected chi connectivity index (χ2v) is 5.36. The first-order valence-corrected chi connectivity index (χ1v) is 6.97. The highest BCUT2D eigenvalue weighted by Gasteiger charge is 2.36. The summed E-state index contributed by atoms with van der Waals surface area (Å²) in [5.41, 5.74) is 0.384. The summed E-state index contributed by atoms with van der Waals surface area (Å²) in [7, 11) is 5.95. The lowest BCUT2D eigenvalue weighted by atomic mass is 10.1. The zero-order chi connectivity index (χ0) is 11.7. The Morgan fingerprint density at radius 2 is 1.53 bits per heavy atom. The second-order valence-electron chi connectivity index (χ2n) is 3.97. The van der Waals surface area contributed by atoms with Crippen molar-refractivity contribution in [3.05, 3.63) is 0 Å². The molecule has 1 atom stereocenters. The second kappa shape index (κ2) is 8.27. The van der Waals surface area contributed by atoms with E-state index in [9.17, 15) is 0 Å². The van der Waals surface area contributed by atoms with Crippen molar-refractivity contribution < 1.29 is 14.2 Å². The van der Waals surface area contributed by atoms with Crippen LogP contribution in [-0.2, 0) is 14.2 Å². The van der Waals surface area contributed by atoms with E-state index in [0.717, 1.165) is 16.7 Å². The highest BCUT2D eigenvalue weighted by Crippen LogP contribution is 2.30. The first-order chi connectivity index (χ1) is 7.16. The first kappa shape index (κ1) is 15.1. The van der Waals surface area contributed by atoms with Gasteiger partial charge >= 0.3 is 0 Å². The largest absolute Gasteiger partial charge is 0.331 e. The summed E-state index contributed by atoms with van der Waals surface area (Å²) in [6.45, 7) is 2.22. The number of unbranched alkanes of at least 4 members (excludes halogenated alkanes) is 3. The van der Waals surface area contributed by atoms with E-state index in [0.29, 0.717) is 5.54 Å². The van der Waals surface area contributed by atoms with E-state index in [1.54, 1.807) is 21.3 Å². The van der Waals surface area contributed by atoms with Gasteiger partial charge in [0.15, 0.2) is 0 Å². The maximum absolute atomic E-state index is 5.35. The molecule has 0 rings (SSSR count). The average molecular weight is 234 g/mol.